The van der Waals surface area contributed by atoms with Gasteiger partial charge >= 0.3 is 0 Å². The van der Waals surface area contributed by atoms with E-state index in [0.29, 0.717) is 16.2 Å². The summed E-state index contributed by atoms with van der Waals surface area (Å²) in [5.41, 5.74) is 5.31. The minimum atomic E-state index is -0.566. The van der Waals surface area contributed by atoms with Crippen LogP contribution in [-0.2, 0) is 0 Å². The van der Waals surface area contributed by atoms with Crippen molar-refractivity contribution in [2.75, 3.05) is 0 Å². The van der Waals surface area contributed by atoms with E-state index in [2.05, 4.69) is 31.0 Å². The van der Waals surface area contributed by atoms with E-state index < -0.39 is 5.91 Å². The van der Waals surface area contributed by atoms with Crippen LogP contribution in [-0.4, -0.2) is 25.7 Å². The summed E-state index contributed by atoms with van der Waals surface area (Å²) in [7, 11) is 0. The highest BCUT2D eigenvalue weighted by Gasteiger charge is 2.07. The van der Waals surface area contributed by atoms with Gasteiger partial charge in [-0.05, 0) is 28.9 Å². The molecule has 0 aliphatic heterocycles. The van der Waals surface area contributed by atoms with Crippen molar-refractivity contribution in [2.45, 2.75) is 6.92 Å². The molecule has 82 valence electrons. The fourth-order valence-corrected chi connectivity index (χ4v) is 1.68. The molecular formula is C9H8BrN5O. The Hall–Kier alpha value is -1.76. The van der Waals surface area contributed by atoms with Crippen molar-refractivity contribution in [1.82, 2.24) is 19.7 Å². The van der Waals surface area contributed by atoms with Crippen LogP contribution in [0.5, 0.6) is 0 Å². The summed E-state index contributed by atoms with van der Waals surface area (Å²) >= 11 is 3.26. The third-order valence-corrected chi connectivity index (χ3v) is 2.28. The highest BCUT2D eigenvalue weighted by Crippen LogP contribution is 2.11. The topological polar surface area (TPSA) is 86.7 Å². The first-order chi connectivity index (χ1) is 7.56. The molecule has 1 amide bonds. The Kier molecular flexibility index (Phi) is 2.69. The lowest BCUT2D eigenvalue weighted by molar-refractivity contribution is 0.0995. The monoisotopic (exact) mass is 281 g/mol. The lowest BCUT2D eigenvalue weighted by atomic mass is 10.4. The molecule has 0 aromatic carbocycles. The Labute approximate surface area is 99.6 Å². The van der Waals surface area contributed by atoms with Crippen molar-refractivity contribution in [3.63, 3.8) is 0 Å². The first-order valence-corrected chi connectivity index (χ1v) is 5.22. The SMILES string of the molecule is Cc1nc(Br)cc(-n2ccc(C(N)=O)n2)n1. The van der Waals surface area contributed by atoms with Crippen LogP contribution < -0.4 is 5.73 Å². The van der Waals surface area contributed by atoms with Gasteiger partial charge in [0.1, 0.15) is 16.1 Å². The van der Waals surface area contributed by atoms with E-state index in [1.807, 2.05) is 0 Å². The third kappa shape index (κ3) is 2.08. The molecule has 2 rings (SSSR count). The van der Waals surface area contributed by atoms with Gasteiger partial charge in [0.2, 0.25) is 0 Å². The molecule has 2 aromatic rings. The summed E-state index contributed by atoms with van der Waals surface area (Å²) in [5.74, 6) is 0.621. The van der Waals surface area contributed by atoms with E-state index in [1.54, 1.807) is 19.2 Å². The number of nitrogens with zero attached hydrogens (tertiary/aromatic N) is 4. The van der Waals surface area contributed by atoms with E-state index in [4.69, 9.17) is 5.73 Å². The molecule has 0 unspecified atom stereocenters. The molecule has 16 heavy (non-hydrogen) atoms. The molecule has 2 aromatic heterocycles. The number of carbonyl (C=O) groups is 1. The molecular weight excluding hydrogens is 274 g/mol. The van der Waals surface area contributed by atoms with Crippen LogP contribution in [0.4, 0.5) is 0 Å². The summed E-state index contributed by atoms with van der Waals surface area (Å²) in [6.07, 6.45) is 1.62. The quantitative estimate of drug-likeness (QED) is 0.826. The summed E-state index contributed by atoms with van der Waals surface area (Å²) in [6, 6.07) is 3.23. The predicted octanol–water partition coefficient (Wildman–Crippen LogP) is 0.832. The Balaban J connectivity index is 2.46. The number of nitrogens with two attached hydrogens (primary N) is 1. The Bertz CT molecular complexity index is 530. The predicted molar refractivity (Wildman–Crippen MR) is 60.1 cm³/mol. The van der Waals surface area contributed by atoms with Crippen LogP contribution in [0.1, 0.15) is 16.3 Å². The fraction of sp³-hybridized carbons (Fsp3) is 0.111. The second-order valence-electron chi connectivity index (χ2n) is 3.11. The van der Waals surface area contributed by atoms with E-state index >= 15 is 0 Å². The third-order valence-electron chi connectivity index (χ3n) is 1.87. The summed E-state index contributed by atoms with van der Waals surface area (Å²) in [4.78, 5) is 19.1. The lowest BCUT2D eigenvalue weighted by Gasteiger charge is -2.01. The number of aryl methyl sites for hydroxylation is 1. The largest absolute Gasteiger partial charge is 0.364 e. The molecule has 0 atom stereocenters. The van der Waals surface area contributed by atoms with Gasteiger partial charge in [0.05, 0.1) is 0 Å². The number of halogens is 1. The van der Waals surface area contributed by atoms with E-state index in [1.165, 1.54) is 10.7 Å². The average Bonchev–Trinajstić information content (AvgIpc) is 2.64. The molecule has 0 spiro atoms. The number of primary amides is 1. The standard InChI is InChI=1S/C9H8BrN5O/c1-5-12-7(10)4-8(13-5)15-3-2-6(14-15)9(11)16/h2-4H,1H3,(H2,11,16). The first kappa shape index (κ1) is 10.7. The first-order valence-electron chi connectivity index (χ1n) is 4.43. The average molecular weight is 282 g/mol. The smallest absolute Gasteiger partial charge is 0.269 e. The molecule has 2 N–H and O–H groups in total. The maximum Gasteiger partial charge on any atom is 0.269 e. The van der Waals surface area contributed by atoms with Crippen LogP contribution in [0.25, 0.3) is 5.82 Å². The summed E-state index contributed by atoms with van der Waals surface area (Å²) < 4.78 is 2.13. The molecule has 0 saturated heterocycles. The maximum absolute atomic E-state index is 10.9. The molecule has 0 fully saturated rings. The van der Waals surface area contributed by atoms with Crippen molar-refractivity contribution in [2.24, 2.45) is 5.73 Å². The molecule has 0 aliphatic rings. The van der Waals surface area contributed by atoms with Crippen LogP contribution in [0.15, 0.2) is 22.9 Å². The van der Waals surface area contributed by atoms with Crippen LogP contribution in [0, 0.1) is 6.92 Å². The maximum atomic E-state index is 10.9. The van der Waals surface area contributed by atoms with Gasteiger partial charge in [-0.15, -0.1) is 0 Å². The molecule has 2 heterocycles. The van der Waals surface area contributed by atoms with Crippen molar-refractivity contribution in [1.29, 1.82) is 0 Å². The Morgan fingerprint density at radius 3 is 2.81 bits per heavy atom. The Morgan fingerprint density at radius 2 is 2.25 bits per heavy atom. The second kappa shape index (κ2) is 4.01. The van der Waals surface area contributed by atoms with E-state index in [9.17, 15) is 4.79 Å². The number of aromatic nitrogens is 4. The highest BCUT2D eigenvalue weighted by atomic mass is 79.9. The van der Waals surface area contributed by atoms with Crippen molar-refractivity contribution >= 4 is 21.8 Å². The lowest BCUT2D eigenvalue weighted by Crippen LogP contribution is -2.12. The van der Waals surface area contributed by atoms with E-state index in [-0.39, 0.29) is 5.69 Å². The van der Waals surface area contributed by atoms with Gasteiger partial charge in [-0.3, -0.25) is 4.79 Å². The highest BCUT2D eigenvalue weighted by molar-refractivity contribution is 9.10. The van der Waals surface area contributed by atoms with Gasteiger partial charge < -0.3 is 5.73 Å². The van der Waals surface area contributed by atoms with Gasteiger partial charge in [0, 0.05) is 12.3 Å². The zero-order chi connectivity index (χ0) is 11.7. The molecule has 7 heteroatoms. The molecule has 0 saturated carbocycles. The second-order valence-corrected chi connectivity index (χ2v) is 3.92. The van der Waals surface area contributed by atoms with Crippen molar-refractivity contribution in [3.05, 3.63) is 34.5 Å². The number of rotatable bonds is 2. The number of hydrogen-bond acceptors (Lipinski definition) is 4. The van der Waals surface area contributed by atoms with Gasteiger partial charge in [-0.2, -0.15) is 5.10 Å². The molecule has 0 bridgehead atoms. The van der Waals surface area contributed by atoms with E-state index in [0.717, 1.165) is 0 Å². The van der Waals surface area contributed by atoms with Crippen LogP contribution >= 0.6 is 15.9 Å². The summed E-state index contributed by atoms with van der Waals surface area (Å²) in [5, 5.41) is 3.99. The zero-order valence-corrected chi connectivity index (χ0v) is 9.97. The molecule has 0 aliphatic carbocycles. The Morgan fingerprint density at radius 1 is 1.50 bits per heavy atom. The number of hydrogen-bond donors (Lipinski definition) is 1. The normalized spacial score (nSPS) is 10.4. The molecule has 0 radical (unpaired) electrons. The van der Waals surface area contributed by atoms with Crippen LogP contribution in [0.2, 0.25) is 0 Å². The van der Waals surface area contributed by atoms with Gasteiger partial charge in [-0.25, -0.2) is 14.6 Å². The minimum Gasteiger partial charge on any atom is -0.364 e. The molecule has 6 nitrogen and oxygen atoms in total. The van der Waals surface area contributed by atoms with Crippen molar-refractivity contribution < 1.29 is 4.79 Å². The summed E-state index contributed by atoms with van der Waals surface area (Å²) in [6.45, 7) is 1.77. The van der Waals surface area contributed by atoms with Crippen molar-refractivity contribution in [3.8, 4) is 5.82 Å². The van der Waals surface area contributed by atoms with Gasteiger partial charge in [-0.1, -0.05) is 0 Å². The number of amides is 1. The van der Waals surface area contributed by atoms with Crippen LogP contribution in [0.3, 0.4) is 0 Å². The zero-order valence-electron chi connectivity index (χ0n) is 8.38. The van der Waals surface area contributed by atoms with Gasteiger partial charge in [0.15, 0.2) is 5.82 Å². The van der Waals surface area contributed by atoms with Gasteiger partial charge in [0.25, 0.3) is 5.91 Å². The number of carbonyl (C=O) groups excluding carboxylic acids is 1. The minimum absolute atomic E-state index is 0.201. The fourth-order valence-electron chi connectivity index (χ4n) is 1.22.